The zero-order chi connectivity index (χ0) is 16.4. The molecule has 0 spiro atoms. The SMILES string of the molecule is CCc1nn(C)c(Cl)c1CN1CCC(C(O)c2ncc[nH]2)CC1. The molecule has 1 aliphatic heterocycles. The van der Waals surface area contributed by atoms with Gasteiger partial charge in [-0.3, -0.25) is 9.58 Å². The Balaban J connectivity index is 1.59. The lowest BCUT2D eigenvalue weighted by atomic mass is 9.90. The molecule has 0 radical (unpaired) electrons. The van der Waals surface area contributed by atoms with Crippen LogP contribution in [0.25, 0.3) is 0 Å². The molecule has 0 amide bonds. The number of H-pyrrole nitrogens is 1. The molecule has 1 fully saturated rings. The topological polar surface area (TPSA) is 70.0 Å². The van der Waals surface area contributed by atoms with Crippen molar-refractivity contribution in [3.63, 3.8) is 0 Å². The average molecular weight is 338 g/mol. The number of halogens is 1. The minimum atomic E-state index is -0.500. The fourth-order valence-corrected chi connectivity index (χ4v) is 3.56. The highest BCUT2D eigenvalue weighted by Gasteiger charge is 2.28. The van der Waals surface area contributed by atoms with Crippen LogP contribution in [0.3, 0.4) is 0 Å². The highest BCUT2D eigenvalue weighted by Crippen LogP contribution is 2.30. The summed E-state index contributed by atoms with van der Waals surface area (Å²) in [5.41, 5.74) is 2.22. The smallest absolute Gasteiger partial charge is 0.135 e. The van der Waals surface area contributed by atoms with Crippen LogP contribution in [-0.2, 0) is 20.0 Å². The Hall–Kier alpha value is -1.37. The van der Waals surface area contributed by atoms with Crippen LogP contribution in [0.2, 0.25) is 5.15 Å². The molecule has 3 rings (SSSR count). The predicted octanol–water partition coefficient (Wildman–Crippen LogP) is 2.30. The van der Waals surface area contributed by atoms with Gasteiger partial charge in [0, 0.05) is 31.5 Å². The highest BCUT2D eigenvalue weighted by atomic mass is 35.5. The molecule has 1 atom stereocenters. The van der Waals surface area contributed by atoms with E-state index in [1.807, 2.05) is 7.05 Å². The Morgan fingerprint density at radius 1 is 1.43 bits per heavy atom. The van der Waals surface area contributed by atoms with E-state index in [1.165, 1.54) is 0 Å². The molecule has 2 aromatic rings. The first-order valence-corrected chi connectivity index (χ1v) is 8.57. The number of aromatic amines is 1. The van der Waals surface area contributed by atoms with Crippen molar-refractivity contribution >= 4 is 11.6 Å². The minimum absolute atomic E-state index is 0.257. The van der Waals surface area contributed by atoms with Crippen LogP contribution in [0, 0.1) is 5.92 Å². The number of aliphatic hydroxyl groups excluding tert-OH is 1. The van der Waals surface area contributed by atoms with Gasteiger partial charge in [-0.25, -0.2) is 4.98 Å². The van der Waals surface area contributed by atoms with Crippen molar-refractivity contribution in [3.8, 4) is 0 Å². The molecular weight excluding hydrogens is 314 g/mol. The van der Waals surface area contributed by atoms with Crippen LogP contribution in [0.5, 0.6) is 0 Å². The summed E-state index contributed by atoms with van der Waals surface area (Å²) in [6.07, 6.45) is 5.75. The zero-order valence-electron chi connectivity index (χ0n) is 13.7. The van der Waals surface area contributed by atoms with Gasteiger partial charge in [0.1, 0.15) is 17.1 Å². The van der Waals surface area contributed by atoms with Crippen molar-refractivity contribution in [2.45, 2.75) is 38.8 Å². The monoisotopic (exact) mass is 337 g/mol. The van der Waals surface area contributed by atoms with E-state index >= 15 is 0 Å². The first-order valence-electron chi connectivity index (χ1n) is 8.20. The van der Waals surface area contributed by atoms with Crippen LogP contribution in [0.4, 0.5) is 0 Å². The van der Waals surface area contributed by atoms with Crippen LogP contribution in [0.15, 0.2) is 12.4 Å². The molecule has 0 aromatic carbocycles. The summed E-state index contributed by atoms with van der Waals surface area (Å²) in [4.78, 5) is 9.57. The van der Waals surface area contributed by atoms with E-state index in [0.717, 1.165) is 55.3 Å². The number of hydrogen-bond acceptors (Lipinski definition) is 4. The first-order chi connectivity index (χ1) is 11.1. The second-order valence-electron chi connectivity index (χ2n) is 6.23. The van der Waals surface area contributed by atoms with Gasteiger partial charge in [-0.1, -0.05) is 18.5 Å². The lowest BCUT2D eigenvalue weighted by Gasteiger charge is -2.33. The first kappa shape index (κ1) is 16.5. The van der Waals surface area contributed by atoms with Crippen molar-refractivity contribution in [2.75, 3.05) is 13.1 Å². The van der Waals surface area contributed by atoms with E-state index in [9.17, 15) is 5.11 Å². The number of likely N-dealkylation sites (tertiary alicyclic amines) is 1. The van der Waals surface area contributed by atoms with E-state index in [0.29, 0.717) is 5.82 Å². The number of rotatable bonds is 5. The van der Waals surface area contributed by atoms with Gasteiger partial charge < -0.3 is 10.1 Å². The lowest BCUT2D eigenvalue weighted by molar-refractivity contribution is 0.0514. The molecule has 3 heterocycles. The second-order valence-corrected chi connectivity index (χ2v) is 6.58. The molecule has 1 saturated heterocycles. The van der Waals surface area contributed by atoms with Gasteiger partial charge in [-0.15, -0.1) is 0 Å². The molecule has 0 saturated carbocycles. The number of piperidine rings is 1. The third kappa shape index (κ3) is 3.44. The van der Waals surface area contributed by atoms with Gasteiger partial charge in [0.15, 0.2) is 0 Å². The molecule has 0 bridgehead atoms. The molecular formula is C16H24ClN5O. The molecule has 6 nitrogen and oxygen atoms in total. The number of nitrogens with zero attached hydrogens (tertiary/aromatic N) is 4. The maximum Gasteiger partial charge on any atom is 0.135 e. The van der Waals surface area contributed by atoms with E-state index in [2.05, 4.69) is 26.9 Å². The maximum absolute atomic E-state index is 10.4. The predicted molar refractivity (Wildman–Crippen MR) is 89.1 cm³/mol. The van der Waals surface area contributed by atoms with E-state index < -0.39 is 6.10 Å². The number of aliphatic hydroxyl groups is 1. The highest BCUT2D eigenvalue weighted by molar-refractivity contribution is 6.30. The Morgan fingerprint density at radius 2 is 2.17 bits per heavy atom. The number of imidazole rings is 1. The van der Waals surface area contributed by atoms with Gasteiger partial charge in [0.25, 0.3) is 0 Å². The molecule has 7 heteroatoms. The van der Waals surface area contributed by atoms with Crippen LogP contribution < -0.4 is 0 Å². The zero-order valence-corrected chi connectivity index (χ0v) is 14.4. The summed E-state index contributed by atoms with van der Waals surface area (Å²) in [5, 5.41) is 15.6. The summed E-state index contributed by atoms with van der Waals surface area (Å²) in [7, 11) is 1.89. The van der Waals surface area contributed by atoms with Crippen LogP contribution in [0.1, 0.15) is 43.0 Å². The molecule has 1 aliphatic rings. The van der Waals surface area contributed by atoms with Crippen LogP contribution >= 0.6 is 11.6 Å². The molecule has 23 heavy (non-hydrogen) atoms. The van der Waals surface area contributed by atoms with Gasteiger partial charge in [-0.05, 0) is 38.3 Å². The molecule has 2 N–H and O–H groups in total. The van der Waals surface area contributed by atoms with Gasteiger partial charge in [-0.2, -0.15) is 5.10 Å². The second kappa shape index (κ2) is 7.03. The van der Waals surface area contributed by atoms with Gasteiger partial charge in [0.05, 0.1) is 5.69 Å². The summed E-state index contributed by atoms with van der Waals surface area (Å²) < 4.78 is 1.75. The number of aryl methyl sites for hydroxylation is 2. The number of aromatic nitrogens is 4. The number of hydrogen-bond donors (Lipinski definition) is 2. The quantitative estimate of drug-likeness (QED) is 0.878. The molecule has 0 aliphatic carbocycles. The molecule has 2 aromatic heterocycles. The van der Waals surface area contributed by atoms with E-state index in [-0.39, 0.29) is 5.92 Å². The standard InChI is InChI=1S/C16H24ClN5O/c1-3-13-12(15(17)21(2)20-13)10-22-8-4-11(5-9-22)14(23)16-18-6-7-19-16/h6-7,11,14,23H,3-5,8-10H2,1-2H3,(H,18,19). The summed E-state index contributed by atoms with van der Waals surface area (Å²) in [6, 6.07) is 0. The van der Waals surface area contributed by atoms with Crippen molar-refractivity contribution in [1.29, 1.82) is 0 Å². The normalized spacial score (nSPS) is 18.4. The molecule has 126 valence electrons. The fourth-order valence-electron chi connectivity index (χ4n) is 3.35. The third-order valence-electron chi connectivity index (χ3n) is 4.75. The largest absolute Gasteiger partial charge is 0.385 e. The summed E-state index contributed by atoms with van der Waals surface area (Å²) in [6.45, 7) is 4.85. The Labute approximate surface area is 141 Å². The Morgan fingerprint density at radius 3 is 2.78 bits per heavy atom. The third-order valence-corrected chi connectivity index (χ3v) is 5.22. The van der Waals surface area contributed by atoms with Gasteiger partial charge in [0.2, 0.25) is 0 Å². The maximum atomic E-state index is 10.4. The van der Waals surface area contributed by atoms with Gasteiger partial charge >= 0.3 is 0 Å². The lowest BCUT2D eigenvalue weighted by Crippen LogP contribution is -2.35. The van der Waals surface area contributed by atoms with Crippen molar-refractivity contribution in [1.82, 2.24) is 24.6 Å². The van der Waals surface area contributed by atoms with E-state index in [4.69, 9.17) is 11.6 Å². The average Bonchev–Trinajstić information content (AvgIpc) is 3.19. The van der Waals surface area contributed by atoms with E-state index in [1.54, 1.807) is 17.1 Å². The molecule has 1 unspecified atom stereocenters. The van der Waals surface area contributed by atoms with Crippen LogP contribution in [-0.4, -0.2) is 42.8 Å². The Bertz CT molecular complexity index is 631. The minimum Gasteiger partial charge on any atom is -0.385 e. The summed E-state index contributed by atoms with van der Waals surface area (Å²) in [5.74, 6) is 0.930. The summed E-state index contributed by atoms with van der Waals surface area (Å²) >= 11 is 6.38. The number of nitrogens with one attached hydrogen (secondary N) is 1. The van der Waals surface area contributed by atoms with Crippen molar-refractivity contribution in [2.24, 2.45) is 13.0 Å². The Kier molecular flexibility index (Phi) is 5.04. The fraction of sp³-hybridized carbons (Fsp3) is 0.625. The van der Waals surface area contributed by atoms with Crippen molar-refractivity contribution in [3.05, 3.63) is 34.6 Å². The van der Waals surface area contributed by atoms with Crippen molar-refractivity contribution < 1.29 is 5.11 Å².